The van der Waals surface area contributed by atoms with Gasteiger partial charge in [-0.3, -0.25) is 14.4 Å². The Labute approximate surface area is 212 Å². The molecule has 0 spiro atoms. The molecule has 0 saturated carbocycles. The number of amides is 2. The lowest BCUT2D eigenvalue weighted by atomic mass is 9.90. The van der Waals surface area contributed by atoms with E-state index in [4.69, 9.17) is 4.74 Å². The SMILES string of the molecule is COc1cccc2[nH]c(C(=O)C[C@@H](CC(C)C)C(=O)NC(/C=C/S(C)(=O)=O)CC3CCNC3=O)cc12. The molecule has 2 amide bonds. The number of H-pyrrole nitrogens is 1. The summed E-state index contributed by atoms with van der Waals surface area (Å²) in [6, 6.07) is 6.58. The molecule has 36 heavy (non-hydrogen) atoms. The van der Waals surface area contributed by atoms with E-state index in [2.05, 4.69) is 15.6 Å². The van der Waals surface area contributed by atoms with Crippen LogP contribution in [0.2, 0.25) is 0 Å². The van der Waals surface area contributed by atoms with Gasteiger partial charge in [-0.05, 0) is 43.4 Å². The number of hydrogen-bond acceptors (Lipinski definition) is 6. The number of ether oxygens (including phenoxy) is 1. The Morgan fingerprint density at radius 3 is 2.64 bits per heavy atom. The lowest BCUT2D eigenvalue weighted by Crippen LogP contribution is -2.41. The lowest BCUT2D eigenvalue weighted by Gasteiger charge is -2.23. The van der Waals surface area contributed by atoms with Crippen LogP contribution < -0.4 is 15.4 Å². The van der Waals surface area contributed by atoms with Crippen LogP contribution in [0.3, 0.4) is 0 Å². The number of carbonyl (C=O) groups excluding carboxylic acids is 3. The Morgan fingerprint density at radius 2 is 2.03 bits per heavy atom. The number of aromatic nitrogens is 1. The molecule has 1 aromatic heterocycles. The predicted molar refractivity (Wildman–Crippen MR) is 138 cm³/mol. The number of Topliss-reactive ketones (excluding diaryl/α,β-unsaturated/α-hetero) is 1. The van der Waals surface area contributed by atoms with Crippen LogP contribution in [-0.2, 0) is 19.4 Å². The van der Waals surface area contributed by atoms with Crippen molar-refractivity contribution in [3.8, 4) is 5.75 Å². The summed E-state index contributed by atoms with van der Waals surface area (Å²) in [4.78, 5) is 41.7. The van der Waals surface area contributed by atoms with Gasteiger partial charge in [0.1, 0.15) is 5.75 Å². The molecule has 196 valence electrons. The summed E-state index contributed by atoms with van der Waals surface area (Å²) in [5.74, 6) is -0.772. The summed E-state index contributed by atoms with van der Waals surface area (Å²) >= 11 is 0. The van der Waals surface area contributed by atoms with Crippen molar-refractivity contribution >= 4 is 38.3 Å². The summed E-state index contributed by atoms with van der Waals surface area (Å²) in [6.07, 6.45) is 3.86. The molecule has 0 radical (unpaired) electrons. The lowest BCUT2D eigenvalue weighted by molar-refractivity contribution is -0.127. The highest BCUT2D eigenvalue weighted by Gasteiger charge is 2.30. The van der Waals surface area contributed by atoms with E-state index in [1.54, 1.807) is 13.2 Å². The fourth-order valence-corrected chi connectivity index (χ4v) is 5.02. The zero-order chi connectivity index (χ0) is 26.5. The summed E-state index contributed by atoms with van der Waals surface area (Å²) in [6.45, 7) is 4.50. The summed E-state index contributed by atoms with van der Waals surface area (Å²) in [7, 11) is -1.85. The standard InChI is InChI=1S/C26H35N3O6S/c1-16(2)12-18(14-23(30)22-15-20-21(29-22)6-5-7-24(20)35-3)26(32)28-19(9-11-36(4,33)34)13-17-8-10-27-25(17)31/h5-7,9,11,15-19,29H,8,10,12-14H2,1-4H3,(H,27,31)(H,28,32)/b11-9+/t17?,18-,19?/m1/s1. The molecule has 2 aromatic rings. The van der Waals surface area contributed by atoms with Crippen LogP contribution in [0.1, 0.15) is 50.0 Å². The van der Waals surface area contributed by atoms with Crippen LogP contribution in [-0.4, -0.2) is 57.0 Å². The number of aromatic amines is 1. The molecule has 2 unspecified atom stereocenters. The van der Waals surface area contributed by atoms with Crippen LogP contribution in [0.15, 0.2) is 35.7 Å². The highest BCUT2D eigenvalue weighted by molar-refractivity contribution is 7.93. The van der Waals surface area contributed by atoms with Crippen molar-refractivity contribution in [1.29, 1.82) is 0 Å². The molecule has 3 atom stereocenters. The van der Waals surface area contributed by atoms with Gasteiger partial charge in [-0.25, -0.2) is 8.42 Å². The Morgan fingerprint density at radius 1 is 1.28 bits per heavy atom. The van der Waals surface area contributed by atoms with Crippen molar-refractivity contribution in [3.63, 3.8) is 0 Å². The third-order valence-electron chi connectivity index (χ3n) is 6.29. The molecule has 1 aliphatic heterocycles. The van der Waals surface area contributed by atoms with Crippen LogP contribution in [0.4, 0.5) is 0 Å². The minimum Gasteiger partial charge on any atom is -0.496 e. The van der Waals surface area contributed by atoms with Crippen LogP contribution in [0, 0.1) is 17.8 Å². The molecular weight excluding hydrogens is 482 g/mol. The van der Waals surface area contributed by atoms with Gasteiger partial charge < -0.3 is 20.4 Å². The number of hydrogen-bond donors (Lipinski definition) is 3. The Hall–Kier alpha value is -3.14. The normalized spacial score (nSPS) is 17.9. The first kappa shape index (κ1) is 27.4. The number of nitrogens with one attached hydrogen (secondary N) is 3. The smallest absolute Gasteiger partial charge is 0.224 e. The zero-order valence-electron chi connectivity index (χ0n) is 21.2. The maximum atomic E-state index is 13.3. The monoisotopic (exact) mass is 517 g/mol. The molecular formula is C26H35N3O6S. The number of methoxy groups -OCH3 is 1. The van der Waals surface area contributed by atoms with Gasteiger partial charge in [0.05, 0.1) is 12.8 Å². The molecule has 0 aliphatic carbocycles. The molecule has 1 aromatic carbocycles. The fourth-order valence-electron chi connectivity index (χ4n) is 4.54. The van der Waals surface area contributed by atoms with Gasteiger partial charge in [0, 0.05) is 53.4 Å². The third kappa shape index (κ3) is 7.43. The second-order valence-electron chi connectivity index (χ2n) is 9.84. The molecule has 1 aliphatic rings. The maximum absolute atomic E-state index is 13.3. The van der Waals surface area contributed by atoms with Gasteiger partial charge in [0.25, 0.3) is 0 Å². The summed E-state index contributed by atoms with van der Waals surface area (Å²) in [5.41, 5.74) is 1.16. The van der Waals surface area contributed by atoms with Gasteiger partial charge >= 0.3 is 0 Å². The first-order chi connectivity index (χ1) is 17.0. The Balaban J connectivity index is 1.78. The fraction of sp³-hybridized carbons (Fsp3) is 0.500. The second kappa shape index (κ2) is 11.7. The van der Waals surface area contributed by atoms with Gasteiger partial charge in [0.2, 0.25) is 11.8 Å². The zero-order valence-corrected chi connectivity index (χ0v) is 22.0. The molecule has 1 fully saturated rings. The average molecular weight is 518 g/mol. The minimum absolute atomic E-state index is 0.00836. The van der Waals surface area contributed by atoms with E-state index in [9.17, 15) is 22.8 Å². The molecule has 3 rings (SSSR count). The molecule has 2 heterocycles. The van der Waals surface area contributed by atoms with Crippen molar-refractivity contribution in [3.05, 3.63) is 41.4 Å². The number of rotatable bonds is 12. The third-order valence-corrected chi connectivity index (χ3v) is 6.94. The number of fused-ring (bicyclic) bond motifs is 1. The van der Waals surface area contributed by atoms with Gasteiger partial charge in [-0.1, -0.05) is 26.0 Å². The van der Waals surface area contributed by atoms with E-state index < -0.39 is 21.8 Å². The quantitative estimate of drug-likeness (QED) is 0.371. The average Bonchev–Trinajstić information content (AvgIpc) is 3.42. The highest BCUT2D eigenvalue weighted by Crippen LogP contribution is 2.28. The van der Waals surface area contributed by atoms with Crippen LogP contribution in [0.5, 0.6) is 5.75 Å². The summed E-state index contributed by atoms with van der Waals surface area (Å²) in [5, 5.41) is 7.49. The molecule has 3 N–H and O–H groups in total. The van der Waals surface area contributed by atoms with E-state index in [0.29, 0.717) is 30.8 Å². The van der Waals surface area contributed by atoms with Crippen molar-refractivity contribution in [2.75, 3.05) is 19.9 Å². The number of carbonyl (C=O) groups is 3. The van der Waals surface area contributed by atoms with Crippen molar-refractivity contribution < 1.29 is 27.5 Å². The van der Waals surface area contributed by atoms with Gasteiger partial charge in [-0.15, -0.1) is 0 Å². The van der Waals surface area contributed by atoms with Crippen molar-refractivity contribution in [1.82, 2.24) is 15.6 Å². The van der Waals surface area contributed by atoms with E-state index in [0.717, 1.165) is 22.6 Å². The van der Waals surface area contributed by atoms with E-state index in [-0.39, 0.29) is 42.3 Å². The largest absolute Gasteiger partial charge is 0.496 e. The predicted octanol–water partition coefficient (Wildman–Crippen LogP) is 2.98. The highest BCUT2D eigenvalue weighted by atomic mass is 32.2. The van der Waals surface area contributed by atoms with Gasteiger partial charge in [0.15, 0.2) is 15.6 Å². The van der Waals surface area contributed by atoms with Gasteiger partial charge in [-0.2, -0.15) is 0 Å². The van der Waals surface area contributed by atoms with Crippen LogP contribution >= 0.6 is 0 Å². The molecule has 1 saturated heterocycles. The molecule has 9 nitrogen and oxygen atoms in total. The topological polar surface area (TPSA) is 134 Å². The Bertz CT molecular complexity index is 1250. The minimum atomic E-state index is -3.42. The number of ketones is 1. The van der Waals surface area contributed by atoms with Crippen molar-refractivity contribution in [2.45, 2.75) is 45.6 Å². The number of benzene rings is 1. The maximum Gasteiger partial charge on any atom is 0.224 e. The van der Waals surface area contributed by atoms with E-state index >= 15 is 0 Å². The van der Waals surface area contributed by atoms with Crippen molar-refractivity contribution in [2.24, 2.45) is 17.8 Å². The second-order valence-corrected chi connectivity index (χ2v) is 11.8. The van der Waals surface area contributed by atoms with E-state index in [1.165, 1.54) is 6.08 Å². The first-order valence-corrected chi connectivity index (χ1v) is 14.1. The molecule has 0 bridgehead atoms. The Kier molecular flexibility index (Phi) is 8.94. The molecule has 10 heteroatoms. The van der Waals surface area contributed by atoms with E-state index in [1.807, 2.05) is 32.0 Å². The number of sulfone groups is 1. The van der Waals surface area contributed by atoms with Crippen LogP contribution in [0.25, 0.3) is 10.9 Å². The first-order valence-electron chi connectivity index (χ1n) is 12.1. The summed E-state index contributed by atoms with van der Waals surface area (Å²) < 4.78 is 28.7.